The molecule has 0 unspecified atom stereocenters. The fourth-order valence-electron chi connectivity index (χ4n) is 3.65. The third kappa shape index (κ3) is 3.91. The summed E-state index contributed by atoms with van der Waals surface area (Å²) in [5.41, 5.74) is 1.77. The molecule has 2 fully saturated rings. The van der Waals surface area contributed by atoms with Gasteiger partial charge in [-0.15, -0.1) is 6.42 Å². The Morgan fingerprint density at radius 2 is 2.17 bits per heavy atom. The summed E-state index contributed by atoms with van der Waals surface area (Å²) in [6, 6.07) is 7.74. The summed E-state index contributed by atoms with van der Waals surface area (Å²) in [4.78, 5) is 36.1. The molecule has 2 aromatic rings. The van der Waals surface area contributed by atoms with Crippen LogP contribution in [-0.4, -0.2) is 51.1 Å². The maximum atomic E-state index is 13.0. The number of benzene rings is 1. The predicted molar refractivity (Wildman–Crippen MR) is 115 cm³/mol. The van der Waals surface area contributed by atoms with Gasteiger partial charge in [0.05, 0.1) is 15.9 Å². The molecule has 2 amide bonds. The maximum Gasteiger partial charge on any atom is 0.289 e. The van der Waals surface area contributed by atoms with Crippen molar-refractivity contribution in [1.29, 1.82) is 0 Å². The molecule has 4 rings (SSSR count). The van der Waals surface area contributed by atoms with E-state index in [0.717, 1.165) is 40.5 Å². The highest BCUT2D eigenvalue weighted by Crippen LogP contribution is 2.29. The molecular formula is C21H21N5O2S. The van der Waals surface area contributed by atoms with Crippen molar-refractivity contribution < 1.29 is 9.59 Å². The van der Waals surface area contributed by atoms with Crippen LogP contribution in [0.3, 0.4) is 0 Å². The van der Waals surface area contributed by atoms with Gasteiger partial charge in [0.25, 0.3) is 11.1 Å². The van der Waals surface area contributed by atoms with Crippen molar-refractivity contribution in [2.24, 2.45) is 18.0 Å². The molecule has 0 atom stereocenters. The Labute approximate surface area is 173 Å². The molecule has 7 nitrogen and oxygen atoms in total. The number of aryl methyl sites for hydroxylation is 1. The van der Waals surface area contributed by atoms with E-state index >= 15 is 0 Å². The second-order valence-corrected chi connectivity index (χ2v) is 8.04. The van der Waals surface area contributed by atoms with Gasteiger partial charge >= 0.3 is 0 Å². The lowest BCUT2D eigenvalue weighted by Crippen LogP contribution is -2.39. The molecular weight excluding hydrogens is 386 g/mol. The quantitative estimate of drug-likeness (QED) is 0.794. The maximum absolute atomic E-state index is 13.0. The summed E-state index contributed by atoms with van der Waals surface area (Å²) in [6.07, 6.45) is 9.00. The number of likely N-dealkylation sites (tertiary alicyclic amines) is 1. The number of allylic oxidation sites excluding steroid dienone is 1. The molecule has 1 aromatic heterocycles. The van der Waals surface area contributed by atoms with Gasteiger partial charge < -0.3 is 14.8 Å². The average molecular weight is 407 g/mol. The Kier molecular flexibility index (Phi) is 5.41. The number of rotatable bonds is 3. The first-order valence-corrected chi connectivity index (χ1v) is 10.3. The third-order valence-corrected chi connectivity index (χ3v) is 6.01. The molecule has 29 heavy (non-hydrogen) atoms. The zero-order valence-corrected chi connectivity index (χ0v) is 16.9. The average Bonchev–Trinajstić information content (AvgIpc) is 3.26. The van der Waals surface area contributed by atoms with E-state index in [-0.39, 0.29) is 23.6 Å². The lowest BCUT2D eigenvalue weighted by molar-refractivity contribution is 0.0690. The van der Waals surface area contributed by atoms with Crippen LogP contribution in [0, 0.1) is 18.3 Å². The van der Waals surface area contributed by atoms with Crippen LogP contribution in [-0.2, 0) is 7.05 Å². The van der Waals surface area contributed by atoms with Crippen LogP contribution in [0.15, 0.2) is 40.2 Å². The second-order valence-electron chi connectivity index (χ2n) is 7.03. The van der Waals surface area contributed by atoms with Crippen molar-refractivity contribution in [3.05, 3.63) is 41.1 Å². The first-order valence-electron chi connectivity index (χ1n) is 9.46. The highest BCUT2D eigenvalue weighted by Gasteiger charge is 2.28. The van der Waals surface area contributed by atoms with E-state index in [1.807, 2.05) is 40.8 Å². The van der Waals surface area contributed by atoms with Crippen LogP contribution in [0.25, 0.3) is 11.0 Å². The molecule has 2 saturated heterocycles. The van der Waals surface area contributed by atoms with Gasteiger partial charge in [0.15, 0.2) is 5.82 Å². The minimum Gasteiger partial charge on any atom is -0.336 e. The second kappa shape index (κ2) is 8.13. The van der Waals surface area contributed by atoms with Gasteiger partial charge in [-0.25, -0.2) is 4.98 Å². The van der Waals surface area contributed by atoms with E-state index < -0.39 is 0 Å². The molecule has 2 aliphatic heterocycles. The predicted octanol–water partition coefficient (Wildman–Crippen LogP) is 2.80. The molecule has 8 heteroatoms. The lowest BCUT2D eigenvalue weighted by Gasteiger charge is -2.30. The van der Waals surface area contributed by atoms with Crippen LogP contribution in [0.1, 0.15) is 23.5 Å². The van der Waals surface area contributed by atoms with E-state index in [2.05, 4.69) is 27.3 Å². The Morgan fingerprint density at radius 1 is 1.41 bits per heavy atom. The molecule has 0 radical (unpaired) electrons. The van der Waals surface area contributed by atoms with Gasteiger partial charge in [-0.05, 0) is 42.7 Å². The number of aromatic nitrogens is 2. The number of imidazole rings is 1. The van der Waals surface area contributed by atoms with Crippen LogP contribution in [0.4, 0.5) is 4.79 Å². The standard InChI is InChI=1S/C21H21N5O2S/c1-3-10-22-18-17(29-21(28)24-18)13-14-8-11-26(12-9-14)20(27)19-23-15-6-4-5-7-16(15)25(19)2/h1,4-7,13-14H,8-12H2,2H3,(H,22,24,28). The zero-order valence-electron chi connectivity index (χ0n) is 16.1. The Bertz CT molecular complexity index is 1070. The van der Waals surface area contributed by atoms with Crippen molar-refractivity contribution in [2.45, 2.75) is 12.8 Å². The lowest BCUT2D eigenvalue weighted by atomic mass is 9.96. The monoisotopic (exact) mass is 407 g/mol. The molecule has 0 spiro atoms. The Balaban J connectivity index is 1.44. The van der Waals surface area contributed by atoms with E-state index in [4.69, 9.17) is 6.42 Å². The largest absolute Gasteiger partial charge is 0.336 e. The summed E-state index contributed by atoms with van der Waals surface area (Å²) < 4.78 is 1.85. The van der Waals surface area contributed by atoms with Crippen LogP contribution >= 0.6 is 11.8 Å². The molecule has 2 aliphatic rings. The molecule has 3 heterocycles. The van der Waals surface area contributed by atoms with Crippen LogP contribution < -0.4 is 5.32 Å². The van der Waals surface area contributed by atoms with Crippen molar-refractivity contribution in [2.75, 3.05) is 19.6 Å². The Morgan fingerprint density at radius 3 is 2.90 bits per heavy atom. The van der Waals surface area contributed by atoms with Gasteiger partial charge in [0.2, 0.25) is 0 Å². The normalized spacial score (nSPS) is 20.4. The van der Waals surface area contributed by atoms with Crippen LogP contribution in [0.2, 0.25) is 0 Å². The number of para-hydroxylation sites is 2. The topological polar surface area (TPSA) is 79.6 Å². The number of aliphatic imine (C=N–C) groups is 1. The van der Waals surface area contributed by atoms with Crippen molar-refractivity contribution in [3.63, 3.8) is 0 Å². The van der Waals surface area contributed by atoms with Gasteiger partial charge in [-0.2, -0.15) is 0 Å². The summed E-state index contributed by atoms with van der Waals surface area (Å²) in [7, 11) is 1.87. The SMILES string of the molecule is C#CCN=C1NC(=O)SC1=CC1CCN(C(=O)c2nc3ccccc3n2C)CC1. The number of nitrogens with one attached hydrogen (secondary N) is 1. The fraction of sp³-hybridized carbons (Fsp3) is 0.333. The molecule has 1 N–H and O–H groups in total. The van der Waals surface area contributed by atoms with Gasteiger partial charge in [-0.3, -0.25) is 14.6 Å². The van der Waals surface area contributed by atoms with Gasteiger partial charge in [0.1, 0.15) is 12.4 Å². The third-order valence-electron chi connectivity index (χ3n) is 5.18. The number of thioether (sulfide) groups is 1. The number of amidine groups is 1. The van der Waals surface area contributed by atoms with E-state index in [1.165, 1.54) is 0 Å². The first kappa shape index (κ1) is 19.3. The number of terminal acetylenes is 1. The number of carbonyl (C=O) groups excluding carboxylic acids is 2. The minimum atomic E-state index is -0.138. The zero-order chi connectivity index (χ0) is 20.4. The summed E-state index contributed by atoms with van der Waals surface area (Å²) in [6.45, 7) is 1.54. The van der Waals surface area contributed by atoms with Crippen molar-refractivity contribution in [3.8, 4) is 12.3 Å². The molecule has 148 valence electrons. The van der Waals surface area contributed by atoms with Crippen molar-refractivity contribution in [1.82, 2.24) is 19.8 Å². The molecule has 1 aromatic carbocycles. The fourth-order valence-corrected chi connectivity index (χ4v) is 4.47. The highest BCUT2D eigenvalue weighted by molar-refractivity contribution is 8.18. The summed E-state index contributed by atoms with van der Waals surface area (Å²) in [5.74, 6) is 3.71. The summed E-state index contributed by atoms with van der Waals surface area (Å²) >= 11 is 1.14. The number of carbonyl (C=O) groups is 2. The smallest absolute Gasteiger partial charge is 0.289 e. The van der Waals surface area contributed by atoms with E-state index in [0.29, 0.717) is 24.7 Å². The number of nitrogens with zero attached hydrogens (tertiary/aromatic N) is 4. The number of fused-ring (bicyclic) bond motifs is 1. The number of piperidine rings is 1. The molecule has 0 aliphatic carbocycles. The summed E-state index contributed by atoms with van der Waals surface area (Å²) in [5, 5.41) is 2.59. The number of hydrogen-bond donors (Lipinski definition) is 1. The van der Waals surface area contributed by atoms with E-state index in [9.17, 15) is 9.59 Å². The van der Waals surface area contributed by atoms with Crippen molar-refractivity contribution >= 4 is 39.8 Å². The number of hydrogen-bond acceptors (Lipinski definition) is 5. The first-order chi connectivity index (χ1) is 14.1. The minimum absolute atomic E-state index is 0.0434. The number of amides is 2. The molecule has 0 bridgehead atoms. The van der Waals surface area contributed by atoms with Gasteiger partial charge in [-0.1, -0.05) is 24.1 Å². The van der Waals surface area contributed by atoms with Crippen LogP contribution in [0.5, 0.6) is 0 Å². The van der Waals surface area contributed by atoms with Gasteiger partial charge in [0, 0.05) is 20.1 Å². The van der Waals surface area contributed by atoms with E-state index in [1.54, 1.807) is 0 Å². The molecule has 0 saturated carbocycles. The highest BCUT2D eigenvalue weighted by atomic mass is 32.2. The Hall–Kier alpha value is -3.05.